The van der Waals surface area contributed by atoms with Gasteiger partial charge in [-0.1, -0.05) is 26.7 Å². The molecule has 1 amide bonds. The summed E-state index contributed by atoms with van der Waals surface area (Å²) in [4.78, 5) is 25.6. The van der Waals surface area contributed by atoms with Gasteiger partial charge in [0.25, 0.3) is 5.91 Å². The van der Waals surface area contributed by atoms with Crippen molar-refractivity contribution in [3.05, 3.63) is 21.4 Å². The van der Waals surface area contributed by atoms with Crippen LogP contribution >= 0.6 is 11.3 Å². The smallest absolute Gasteiger partial charge is 0.348 e. The standard InChI is InChI=1S/C17H25NO3S/c1-4-13-9-15(22-12(13)3)17(20)21-10-16(19)18-14-8-6-5-7-11(14)2/h9,11,14H,4-8,10H2,1-3H3,(H,18,19)/t11-,14+/m0/s1. The van der Waals surface area contributed by atoms with Crippen LogP contribution in [-0.2, 0) is 16.0 Å². The molecule has 1 N–H and O–H groups in total. The van der Waals surface area contributed by atoms with E-state index in [4.69, 9.17) is 4.74 Å². The zero-order valence-corrected chi connectivity index (χ0v) is 14.4. The van der Waals surface area contributed by atoms with Gasteiger partial charge in [0.05, 0.1) is 0 Å². The molecule has 1 aliphatic carbocycles. The molecule has 5 heteroatoms. The van der Waals surface area contributed by atoms with Gasteiger partial charge in [-0.05, 0) is 43.7 Å². The molecule has 0 saturated heterocycles. The molecule has 1 fully saturated rings. The third kappa shape index (κ3) is 4.32. The van der Waals surface area contributed by atoms with Gasteiger partial charge in [0.15, 0.2) is 6.61 Å². The van der Waals surface area contributed by atoms with Gasteiger partial charge in [0, 0.05) is 10.9 Å². The van der Waals surface area contributed by atoms with Gasteiger partial charge in [-0.15, -0.1) is 11.3 Å². The first kappa shape index (κ1) is 17.0. The van der Waals surface area contributed by atoms with Crippen molar-refractivity contribution < 1.29 is 14.3 Å². The van der Waals surface area contributed by atoms with E-state index >= 15 is 0 Å². The maximum Gasteiger partial charge on any atom is 0.348 e. The van der Waals surface area contributed by atoms with Crippen molar-refractivity contribution in [2.45, 2.75) is 58.9 Å². The lowest BCUT2D eigenvalue weighted by Crippen LogP contribution is -2.42. The van der Waals surface area contributed by atoms with Crippen molar-refractivity contribution in [2.75, 3.05) is 6.61 Å². The van der Waals surface area contributed by atoms with Crippen LogP contribution in [0.3, 0.4) is 0 Å². The van der Waals surface area contributed by atoms with E-state index in [2.05, 4.69) is 19.2 Å². The van der Waals surface area contributed by atoms with Crippen molar-refractivity contribution in [1.82, 2.24) is 5.32 Å². The number of aryl methyl sites for hydroxylation is 2. The Balaban J connectivity index is 1.81. The molecule has 0 radical (unpaired) electrons. The zero-order chi connectivity index (χ0) is 16.1. The Kier molecular flexibility index (Phi) is 6.00. The average molecular weight is 323 g/mol. The van der Waals surface area contributed by atoms with Crippen LogP contribution in [0, 0.1) is 12.8 Å². The summed E-state index contributed by atoms with van der Waals surface area (Å²) in [6, 6.07) is 2.08. The molecule has 1 aromatic heterocycles. The van der Waals surface area contributed by atoms with Crippen molar-refractivity contribution in [3.8, 4) is 0 Å². The fourth-order valence-corrected chi connectivity index (χ4v) is 3.96. The van der Waals surface area contributed by atoms with Crippen LogP contribution < -0.4 is 5.32 Å². The SMILES string of the molecule is CCc1cc(C(=O)OCC(=O)N[C@@H]2CCCC[C@@H]2C)sc1C. The van der Waals surface area contributed by atoms with Crippen LogP contribution in [0.25, 0.3) is 0 Å². The molecule has 4 nitrogen and oxygen atoms in total. The molecule has 0 unspecified atom stereocenters. The number of rotatable bonds is 5. The Labute approximate surface area is 136 Å². The van der Waals surface area contributed by atoms with Crippen LogP contribution in [-0.4, -0.2) is 24.5 Å². The number of carbonyl (C=O) groups excluding carboxylic acids is 2. The minimum absolute atomic E-state index is 0.194. The largest absolute Gasteiger partial charge is 0.451 e. The maximum atomic E-state index is 12.0. The highest BCUT2D eigenvalue weighted by Gasteiger charge is 2.23. The Hall–Kier alpha value is -1.36. The predicted molar refractivity (Wildman–Crippen MR) is 88.3 cm³/mol. The van der Waals surface area contributed by atoms with Gasteiger partial charge < -0.3 is 10.1 Å². The number of hydrogen-bond acceptors (Lipinski definition) is 4. The van der Waals surface area contributed by atoms with E-state index in [1.54, 1.807) is 0 Å². The number of ether oxygens (including phenoxy) is 1. The normalized spacial score (nSPS) is 21.4. The summed E-state index contributed by atoms with van der Waals surface area (Å²) >= 11 is 1.43. The number of nitrogens with one attached hydrogen (secondary N) is 1. The summed E-state index contributed by atoms with van der Waals surface area (Å²) in [5.74, 6) is -0.101. The molecule has 1 aliphatic rings. The Morgan fingerprint density at radius 1 is 1.36 bits per heavy atom. The van der Waals surface area contributed by atoms with Gasteiger partial charge in [0.2, 0.25) is 0 Å². The first-order chi connectivity index (χ1) is 10.5. The van der Waals surface area contributed by atoms with Gasteiger partial charge in [-0.3, -0.25) is 4.79 Å². The summed E-state index contributed by atoms with van der Waals surface area (Å²) < 4.78 is 5.14. The van der Waals surface area contributed by atoms with E-state index in [0.717, 1.165) is 36.1 Å². The van der Waals surface area contributed by atoms with Crippen molar-refractivity contribution in [1.29, 1.82) is 0 Å². The number of thiophene rings is 1. The molecule has 22 heavy (non-hydrogen) atoms. The molecule has 0 bridgehead atoms. The Morgan fingerprint density at radius 3 is 2.73 bits per heavy atom. The van der Waals surface area contributed by atoms with Crippen molar-refractivity contribution in [2.24, 2.45) is 5.92 Å². The number of carbonyl (C=O) groups is 2. The first-order valence-corrected chi connectivity index (χ1v) is 8.88. The molecule has 1 aromatic rings. The highest BCUT2D eigenvalue weighted by Crippen LogP contribution is 2.24. The van der Waals surface area contributed by atoms with Crippen LogP contribution in [0.5, 0.6) is 0 Å². The topological polar surface area (TPSA) is 55.4 Å². The minimum Gasteiger partial charge on any atom is -0.451 e. The van der Waals surface area contributed by atoms with E-state index in [1.807, 2.05) is 13.0 Å². The number of hydrogen-bond donors (Lipinski definition) is 1. The van der Waals surface area contributed by atoms with E-state index in [9.17, 15) is 9.59 Å². The molecule has 0 aliphatic heterocycles. The third-order valence-corrected chi connectivity index (χ3v) is 5.47. The highest BCUT2D eigenvalue weighted by molar-refractivity contribution is 7.14. The summed E-state index contributed by atoms with van der Waals surface area (Å²) in [5.41, 5.74) is 1.16. The fourth-order valence-electron chi connectivity index (χ4n) is 2.95. The summed E-state index contributed by atoms with van der Waals surface area (Å²) in [6.45, 7) is 6.03. The second-order valence-electron chi connectivity index (χ2n) is 6.06. The van der Waals surface area contributed by atoms with Crippen LogP contribution in [0.2, 0.25) is 0 Å². The lowest BCUT2D eigenvalue weighted by Gasteiger charge is -2.29. The van der Waals surface area contributed by atoms with Crippen molar-refractivity contribution in [3.63, 3.8) is 0 Å². The number of amides is 1. The molecule has 1 heterocycles. The van der Waals surface area contributed by atoms with Gasteiger partial charge in [-0.2, -0.15) is 0 Å². The Bertz CT molecular complexity index is 538. The maximum absolute atomic E-state index is 12.0. The van der Waals surface area contributed by atoms with E-state index in [0.29, 0.717) is 10.8 Å². The summed E-state index contributed by atoms with van der Waals surface area (Å²) in [6.07, 6.45) is 5.46. The van der Waals surface area contributed by atoms with Crippen molar-refractivity contribution >= 4 is 23.2 Å². The second-order valence-corrected chi connectivity index (χ2v) is 7.31. The van der Waals surface area contributed by atoms with E-state index in [1.165, 1.54) is 17.8 Å². The molecule has 2 atom stereocenters. The van der Waals surface area contributed by atoms with Gasteiger partial charge in [0.1, 0.15) is 4.88 Å². The molecular formula is C17H25NO3S. The lowest BCUT2D eigenvalue weighted by atomic mass is 9.86. The Morgan fingerprint density at radius 2 is 2.09 bits per heavy atom. The van der Waals surface area contributed by atoms with E-state index < -0.39 is 5.97 Å². The van der Waals surface area contributed by atoms with Crippen LogP contribution in [0.1, 0.15) is 59.6 Å². The molecule has 0 spiro atoms. The predicted octanol–water partition coefficient (Wildman–Crippen LogP) is 3.47. The quantitative estimate of drug-likeness (QED) is 0.844. The summed E-state index contributed by atoms with van der Waals surface area (Å²) in [5, 5.41) is 2.99. The molecule has 2 rings (SSSR count). The molecule has 1 saturated carbocycles. The second kappa shape index (κ2) is 7.77. The average Bonchev–Trinajstić information content (AvgIpc) is 2.88. The van der Waals surface area contributed by atoms with Gasteiger partial charge >= 0.3 is 5.97 Å². The number of esters is 1. The fraction of sp³-hybridized carbons (Fsp3) is 0.647. The van der Waals surface area contributed by atoms with Crippen LogP contribution in [0.15, 0.2) is 6.07 Å². The van der Waals surface area contributed by atoms with Crippen LogP contribution in [0.4, 0.5) is 0 Å². The lowest BCUT2D eigenvalue weighted by molar-refractivity contribution is -0.125. The summed E-state index contributed by atoms with van der Waals surface area (Å²) in [7, 11) is 0. The van der Waals surface area contributed by atoms with Gasteiger partial charge in [-0.25, -0.2) is 4.79 Å². The first-order valence-electron chi connectivity index (χ1n) is 8.07. The monoisotopic (exact) mass is 323 g/mol. The zero-order valence-electron chi connectivity index (χ0n) is 13.6. The molecular weight excluding hydrogens is 298 g/mol. The van der Waals surface area contributed by atoms with E-state index in [-0.39, 0.29) is 18.6 Å². The molecule has 0 aromatic carbocycles. The third-order valence-electron chi connectivity index (χ3n) is 4.39. The highest BCUT2D eigenvalue weighted by atomic mass is 32.1. The minimum atomic E-state index is -0.403. The molecule has 122 valence electrons.